The van der Waals surface area contributed by atoms with Crippen LogP contribution in [0.25, 0.3) is 0 Å². The Balaban J connectivity index is 2.03. The summed E-state index contributed by atoms with van der Waals surface area (Å²) in [5, 5.41) is 3.86. The minimum atomic E-state index is -0.614. The minimum absolute atomic E-state index is 0.240. The summed E-state index contributed by atoms with van der Waals surface area (Å²) in [6.07, 6.45) is 0. The topological polar surface area (TPSA) is 74.2 Å². The Bertz CT molecular complexity index is 612. The van der Waals surface area contributed by atoms with Gasteiger partial charge in [-0.3, -0.25) is 0 Å². The Morgan fingerprint density at radius 3 is 2.57 bits per heavy atom. The van der Waals surface area contributed by atoms with Gasteiger partial charge in [0.2, 0.25) is 0 Å². The van der Waals surface area contributed by atoms with Crippen LogP contribution in [0.1, 0.15) is 56.5 Å². The molecule has 0 aliphatic heterocycles. The maximum atomic E-state index is 5.92. The molecule has 0 spiro atoms. The average molecular weight is 289 g/mol. The van der Waals surface area contributed by atoms with Crippen molar-refractivity contribution in [1.82, 2.24) is 10.1 Å². The number of nitrogens with zero attached hydrogens (tertiary/aromatic N) is 2. The molecule has 114 valence electrons. The van der Waals surface area contributed by atoms with E-state index < -0.39 is 5.54 Å². The number of aromatic nitrogens is 2. The molecule has 0 fully saturated rings. The normalized spacial score (nSPS) is 12.0. The highest BCUT2D eigenvalue weighted by Crippen LogP contribution is 2.24. The second-order valence-electron chi connectivity index (χ2n) is 6.20. The molecule has 0 saturated carbocycles. The van der Waals surface area contributed by atoms with Crippen molar-refractivity contribution >= 4 is 0 Å². The summed E-state index contributed by atoms with van der Waals surface area (Å²) in [7, 11) is 0. The molecule has 0 atom stereocenters. The minimum Gasteiger partial charge on any atom is -0.484 e. The number of aryl methyl sites for hydroxylation is 1. The summed E-state index contributed by atoms with van der Waals surface area (Å²) in [5.74, 6) is 2.20. The Morgan fingerprint density at radius 2 is 2.05 bits per heavy atom. The van der Waals surface area contributed by atoms with E-state index in [-0.39, 0.29) is 6.61 Å². The lowest BCUT2D eigenvalue weighted by molar-refractivity contribution is 0.241. The maximum Gasteiger partial charge on any atom is 0.264 e. The highest BCUT2D eigenvalue weighted by Gasteiger charge is 2.21. The molecule has 1 aromatic heterocycles. The summed E-state index contributed by atoms with van der Waals surface area (Å²) in [4.78, 5) is 4.24. The lowest BCUT2D eigenvalue weighted by Crippen LogP contribution is -2.30. The summed E-state index contributed by atoms with van der Waals surface area (Å²) >= 11 is 0. The van der Waals surface area contributed by atoms with Gasteiger partial charge in [0.1, 0.15) is 5.75 Å². The van der Waals surface area contributed by atoms with Gasteiger partial charge in [0.25, 0.3) is 5.89 Å². The Kier molecular flexibility index (Phi) is 4.32. The number of hydrogen-bond donors (Lipinski definition) is 1. The molecule has 0 unspecified atom stereocenters. The van der Waals surface area contributed by atoms with E-state index in [4.69, 9.17) is 15.0 Å². The SMILES string of the molecule is Cc1cc(OCc2nc(C(C)(C)N)no2)ccc1C(C)C. The van der Waals surface area contributed by atoms with Crippen LogP contribution in [0, 0.1) is 6.92 Å². The highest BCUT2D eigenvalue weighted by molar-refractivity contribution is 5.36. The summed E-state index contributed by atoms with van der Waals surface area (Å²) in [6, 6.07) is 6.09. The first-order valence-electron chi connectivity index (χ1n) is 7.12. The van der Waals surface area contributed by atoms with Gasteiger partial charge in [-0.1, -0.05) is 25.1 Å². The number of hydrogen-bond acceptors (Lipinski definition) is 5. The lowest BCUT2D eigenvalue weighted by atomic mass is 9.98. The molecule has 0 aliphatic rings. The van der Waals surface area contributed by atoms with E-state index in [0.29, 0.717) is 17.6 Å². The van der Waals surface area contributed by atoms with Crippen LogP contribution >= 0.6 is 0 Å². The average Bonchev–Trinajstić information content (AvgIpc) is 2.84. The van der Waals surface area contributed by atoms with Crippen molar-refractivity contribution in [3.05, 3.63) is 41.0 Å². The summed E-state index contributed by atoms with van der Waals surface area (Å²) < 4.78 is 10.8. The second-order valence-corrected chi connectivity index (χ2v) is 6.20. The molecular formula is C16H23N3O2. The van der Waals surface area contributed by atoms with E-state index in [2.05, 4.69) is 37.0 Å². The van der Waals surface area contributed by atoms with Crippen molar-refractivity contribution in [2.45, 2.75) is 52.7 Å². The fourth-order valence-electron chi connectivity index (χ4n) is 2.11. The molecule has 0 bridgehead atoms. The first-order chi connectivity index (χ1) is 9.77. The van der Waals surface area contributed by atoms with E-state index in [1.807, 2.05) is 26.0 Å². The van der Waals surface area contributed by atoms with Gasteiger partial charge in [0.05, 0.1) is 5.54 Å². The number of rotatable bonds is 5. The van der Waals surface area contributed by atoms with Crippen LogP contribution in [0.5, 0.6) is 5.75 Å². The smallest absolute Gasteiger partial charge is 0.264 e. The Labute approximate surface area is 125 Å². The third-order valence-electron chi connectivity index (χ3n) is 3.27. The van der Waals surface area contributed by atoms with E-state index in [1.165, 1.54) is 11.1 Å². The van der Waals surface area contributed by atoms with E-state index in [0.717, 1.165) is 5.75 Å². The molecular weight excluding hydrogens is 266 g/mol. The monoisotopic (exact) mass is 289 g/mol. The van der Waals surface area contributed by atoms with E-state index in [1.54, 1.807) is 0 Å². The van der Waals surface area contributed by atoms with Crippen molar-refractivity contribution in [2.75, 3.05) is 0 Å². The first-order valence-corrected chi connectivity index (χ1v) is 7.12. The molecule has 0 saturated heterocycles. The largest absolute Gasteiger partial charge is 0.484 e. The second kappa shape index (κ2) is 5.85. The van der Waals surface area contributed by atoms with Crippen molar-refractivity contribution in [2.24, 2.45) is 5.73 Å². The van der Waals surface area contributed by atoms with E-state index >= 15 is 0 Å². The molecule has 2 rings (SSSR count). The molecule has 5 heteroatoms. The quantitative estimate of drug-likeness (QED) is 0.914. The van der Waals surface area contributed by atoms with Gasteiger partial charge in [-0.05, 0) is 49.9 Å². The third-order valence-corrected chi connectivity index (χ3v) is 3.27. The number of ether oxygens (including phenoxy) is 1. The van der Waals surface area contributed by atoms with Gasteiger partial charge >= 0.3 is 0 Å². The predicted molar refractivity (Wildman–Crippen MR) is 81.1 cm³/mol. The van der Waals surface area contributed by atoms with Crippen LogP contribution < -0.4 is 10.5 Å². The molecule has 21 heavy (non-hydrogen) atoms. The van der Waals surface area contributed by atoms with Crippen LogP contribution in [0.2, 0.25) is 0 Å². The number of nitrogens with two attached hydrogens (primary N) is 1. The molecule has 5 nitrogen and oxygen atoms in total. The molecule has 2 aromatic rings. The molecule has 0 aliphatic carbocycles. The van der Waals surface area contributed by atoms with Crippen molar-refractivity contribution in [1.29, 1.82) is 0 Å². The van der Waals surface area contributed by atoms with Gasteiger partial charge in [0.15, 0.2) is 12.4 Å². The zero-order chi connectivity index (χ0) is 15.6. The van der Waals surface area contributed by atoms with Gasteiger partial charge in [-0.15, -0.1) is 0 Å². The fraction of sp³-hybridized carbons (Fsp3) is 0.500. The summed E-state index contributed by atoms with van der Waals surface area (Å²) in [6.45, 7) is 10.3. The zero-order valence-electron chi connectivity index (χ0n) is 13.3. The molecule has 2 N–H and O–H groups in total. The van der Waals surface area contributed by atoms with Crippen LogP contribution in [0.4, 0.5) is 0 Å². The maximum absolute atomic E-state index is 5.92. The van der Waals surface area contributed by atoms with Crippen LogP contribution in [-0.2, 0) is 12.1 Å². The van der Waals surface area contributed by atoms with Crippen LogP contribution in [0.15, 0.2) is 22.7 Å². The van der Waals surface area contributed by atoms with Crippen molar-refractivity contribution in [3.63, 3.8) is 0 Å². The van der Waals surface area contributed by atoms with Crippen molar-refractivity contribution < 1.29 is 9.26 Å². The fourth-order valence-corrected chi connectivity index (χ4v) is 2.11. The molecule has 0 amide bonds. The van der Waals surface area contributed by atoms with Gasteiger partial charge in [-0.25, -0.2) is 0 Å². The molecule has 1 heterocycles. The van der Waals surface area contributed by atoms with Crippen molar-refractivity contribution in [3.8, 4) is 5.75 Å². The third kappa shape index (κ3) is 3.82. The Hall–Kier alpha value is -1.88. The standard InChI is InChI=1S/C16H23N3O2/c1-10(2)13-7-6-12(8-11(13)3)20-9-14-18-15(19-21-14)16(4,5)17/h6-8,10H,9,17H2,1-5H3. The van der Waals surface area contributed by atoms with Crippen LogP contribution in [-0.4, -0.2) is 10.1 Å². The van der Waals surface area contributed by atoms with Crippen LogP contribution in [0.3, 0.4) is 0 Å². The zero-order valence-corrected chi connectivity index (χ0v) is 13.3. The Morgan fingerprint density at radius 1 is 1.33 bits per heavy atom. The first kappa shape index (κ1) is 15.5. The van der Waals surface area contributed by atoms with Gasteiger partial charge in [-0.2, -0.15) is 4.98 Å². The van der Waals surface area contributed by atoms with E-state index in [9.17, 15) is 0 Å². The molecule has 1 aromatic carbocycles. The predicted octanol–water partition coefficient (Wildman–Crippen LogP) is 3.27. The highest BCUT2D eigenvalue weighted by atomic mass is 16.5. The molecule has 0 radical (unpaired) electrons. The summed E-state index contributed by atoms with van der Waals surface area (Å²) in [5.41, 5.74) is 7.85. The van der Waals surface area contributed by atoms with Gasteiger partial charge < -0.3 is 15.0 Å². The lowest BCUT2D eigenvalue weighted by Gasteiger charge is -2.12. The van der Waals surface area contributed by atoms with Gasteiger partial charge in [0, 0.05) is 0 Å². The number of benzene rings is 1.